The molecular weight excluding hydrogens is 400 g/mol. The van der Waals surface area contributed by atoms with Gasteiger partial charge in [0, 0.05) is 13.1 Å². The monoisotopic (exact) mass is 420 g/mol. The fourth-order valence-electron chi connectivity index (χ4n) is 3.35. The molecule has 2 heterocycles. The van der Waals surface area contributed by atoms with Gasteiger partial charge in [-0.15, -0.1) is 0 Å². The molecule has 0 bridgehead atoms. The third kappa shape index (κ3) is 3.34. The second-order valence-corrected chi connectivity index (χ2v) is 11.0. The molecule has 1 atom stereocenters. The van der Waals surface area contributed by atoms with Gasteiger partial charge in [0.2, 0.25) is 10.0 Å². The highest BCUT2D eigenvalue weighted by molar-refractivity contribution is 7.91. The first-order chi connectivity index (χ1) is 13.3. The SMILES string of the molecule is CCS(=O)(=O)c1ccc2oc([C@H]3CCN(S(=O)(=O)c4ccccc4)C3)nc2c1. The van der Waals surface area contributed by atoms with Gasteiger partial charge in [-0.1, -0.05) is 25.1 Å². The number of sulfone groups is 1. The summed E-state index contributed by atoms with van der Waals surface area (Å²) in [6.45, 7) is 2.26. The average molecular weight is 421 g/mol. The minimum atomic E-state index is -3.55. The standard InChI is InChI=1S/C19H20N2O5S2/c1-2-27(22,23)16-8-9-18-17(12-16)20-19(26-18)14-10-11-21(13-14)28(24,25)15-6-4-3-5-7-15/h3-9,12,14H,2,10-11,13H2,1H3/t14-/m0/s1. The Bertz CT molecular complexity index is 1220. The summed E-state index contributed by atoms with van der Waals surface area (Å²) in [4.78, 5) is 4.92. The molecule has 2 aromatic carbocycles. The largest absolute Gasteiger partial charge is 0.440 e. The second kappa shape index (κ2) is 6.98. The molecule has 148 valence electrons. The minimum Gasteiger partial charge on any atom is -0.440 e. The predicted molar refractivity (Wildman–Crippen MR) is 104 cm³/mol. The molecule has 0 radical (unpaired) electrons. The van der Waals surface area contributed by atoms with Crippen molar-refractivity contribution >= 4 is 31.0 Å². The van der Waals surface area contributed by atoms with Gasteiger partial charge >= 0.3 is 0 Å². The van der Waals surface area contributed by atoms with Crippen LogP contribution in [0.5, 0.6) is 0 Å². The molecule has 1 aliphatic rings. The van der Waals surface area contributed by atoms with E-state index in [1.165, 1.54) is 16.4 Å². The molecule has 1 aromatic heterocycles. The normalized spacial score (nSPS) is 18.7. The third-order valence-corrected chi connectivity index (χ3v) is 8.61. The number of aromatic nitrogens is 1. The van der Waals surface area contributed by atoms with Crippen molar-refractivity contribution in [2.24, 2.45) is 0 Å². The van der Waals surface area contributed by atoms with Gasteiger partial charge in [0.1, 0.15) is 5.52 Å². The second-order valence-electron chi connectivity index (χ2n) is 6.75. The van der Waals surface area contributed by atoms with E-state index < -0.39 is 19.9 Å². The van der Waals surface area contributed by atoms with Crippen LogP contribution in [0.3, 0.4) is 0 Å². The maximum Gasteiger partial charge on any atom is 0.243 e. The first-order valence-electron chi connectivity index (χ1n) is 9.00. The number of oxazole rings is 1. The Balaban J connectivity index is 1.60. The molecule has 0 N–H and O–H groups in total. The van der Waals surface area contributed by atoms with Crippen molar-refractivity contribution in [2.75, 3.05) is 18.8 Å². The first kappa shape index (κ1) is 19.1. The smallest absolute Gasteiger partial charge is 0.243 e. The lowest BCUT2D eigenvalue weighted by Gasteiger charge is -2.15. The zero-order valence-electron chi connectivity index (χ0n) is 15.3. The van der Waals surface area contributed by atoms with Gasteiger partial charge in [0.15, 0.2) is 21.3 Å². The molecule has 3 aromatic rings. The van der Waals surface area contributed by atoms with Crippen molar-refractivity contribution in [3.8, 4) is 0 Å². The fourth-order valence-corrected chi connectivity index (χ4v) is 5.77. The van der Waals surface area contributed by atoms with Crippen LogP contribution in [-0.4, -0.2) is 45.0 Å². The van der Waals surface area contributed by atoms with E-state index >= 15 is 0 Å². The number of rotatable bonds is 5. The quantitative estimate of drug-likeness (QED) is 0.630. The zero-order chi connectivity index (χ0) is 19.9. The number of fused-ring (bicyclic) bond motifs is 1. The Kier molecular flexibility index (Phi) is 4.76. The Labute approximate surface area is 164 Å². The van der Waals surface area contributed by atoms with Crippen molar-refractivity contribution in [2.45, 2.75) is 29.1 Å². The predicted octanol–water partition coefficient (Wildman–Crippen LogP) is 2.80. The summed E-state index contributed by atoms with van der Waals surface area (Å²) in [7, 11) is -6.88. The Morgan fingerprint density at radius 3 is 2.54 bits per heavy atom. The van der Waals surface area contributed by atoms with Gasteiger partial charge in [-0.2, -0.15) is 4.31 Å². The van der Waals surface area contributed by atoms with Gasteiger partial charge < -0.3 is 4.42 Å². The molecule has 1 fully saturated rings. The van der Waals surface area contributed by atoms with Crippen molar-refractivity contribution in [1.29, 1.82) is 0 Å². The van der Waals surface area contributed by atoms with Crippen LogP contribution in [0.2, 0.25) is 0 Å². The van der Waals surface area contributed by atoms with Crippen molar-refractivity contribution in [3.63, 3.8) is 0 Å². The average Bonchev–Trinajstić information content (AvgIpc) is 3.35. The molecule has 0 spiro atoms. The van der Waals surface area contributed by atoms with Gasteiger partial charge in [0.25, 0.3) is 0 Å². The number of sulfonamides is 1. The Morgan fingerprint density at radius 1 is 1.07 bits per heavy atom. The molecule has 28 heavy (non-hydrogen) atoms. The molecule has 1 saturated heterocycles. The van der Waals surface area contributed by atoms with Crippen LogP contribution in [-0.2, 0) is 19.9 Å². The van der Waals surface area contributed by atoms with E-state index in [9.17, 15) is 16.8 Å². The molecule has 9 heteroatoms. The van der Waals surface area contributed by atoms with Crippen LogP contribution in [0.25, 0.3) is 11.1 Å². The summed E-state index contributed by atoms with van der Waals surface area (Å²) in [6.07, 6.45) is 0.596. The summed E-state index contributed by atoms with van der Waals surface area (Å²) in [5.41, 5.74) is 0.961. The highest BCUT2D eigenvalue weighted by Crippen LogP contribution is 2.32. The summed E-state index contributed by atoms with van der Waals surface area (Å²) < 4.78 is 56.9. The first-order valence-corrected chi connectivity index (χ1v) is 12.1. The van der Waals surface area contributed by atoms with E-state index in [-0.39, 0.29) is 28.0 Å². The molecule has 0 saturated carbocycles. The lowest BCUT2D eigenvalue weighted by molar-refractivity contribution is 0.448. The van der Waals surface area contributed by atoms with Crippen LogP contribution in [0.4, 0.5) is 0 Å². The number of benzene rings is 2. The summed E-state index contributed by atoms with van der Waals surface area (Å²) >= 11 is 0. The Hall–Kier alpha value is -2.23. The summed E-state index contributed by atoms with van der Waals surface area (Å²) in [6, 6.07) is 13.0. The summed E-state index contributed by atoms with van der Waals surface area (Å²) in [5.74, 6) is 0.280. The molecule has 4 rings (SSSR count). The molecular formula is C19H20N2O5S2. The van der Waals surface area contributed by atoms with E-state index in [0.717, 1.165) is 0 Å². The highest BCUT2D eigenvalue weighted by atomic mass is 32.2. The third-order valence-electron chi connectivity index (χ3n) is 5.00. The highest BCUT2D eigenvalue weighted by Gasteiger charge is 2.35. The van der Waals surface area contributed by atoms with E-state index in [2.05, 4.69) is 4.98 Å². The topological polar surface area (TPSA) is 97.5 Å². The van der Waals surface area contributed by atoms with Crippen LogP contribution >= 0.6 is 0 Å². The minimum absolute atomic E-state index is 0.0120. The van der Waals surface area contributed by atoms with E-state index in [1.54, 1.807) is 43.3 Å². The van der Waals surface area contributed by atoms with Crippen molar-refractivity contribution < 1.29 is 21.3 Å². The van der Waals surface area contributed by atoms with E-state index in [0.29, 0.717) is 30.0 Å². The maximum absolute atomic E-state index is 12.8. The molecule has 7 nitrogen and oxygen atoms in total. The van der Waals surface area contributed by atoms with Gasteiger partial charge in [0.05, 0.1) is 21.5 Å². The molecule has 0 amide bonds. The number of hydrogen-bond donors (Lipinski definition) is 0. The van der Waals surface area contributed by atoms with E-state index in [4.69, 9.17) is 4.42 Å². The lowest BCUT2D eigenvalue weighted by Crippen LogP contribution is -2.28. The fraction of sp³-hybridized carbons (Fsp3) is 0.316. The van der Waals surface area contributed by atoms with Crippen LogP contribution in [0.1, 0.15) is 25.2 Å². The van der Waals surface area contributed by atoms with Crippen LogP contribution in [0.15, 0.2) is 62.7 Å². The van der Waals surface area contributed by atoms with Crippen molar-refractivity contribution in [3.05, 3.63) is 54.4 Å². The molecule has 0 aliphatic carbocycles. The van der Waals surface area contributed by atoms with E-state index in [1.807, 2.05) is 0 Å². The summed E-state index contributed by atoms with van der Waals surface area (Å²) in [5, 5.41) is 0. The maximum atomic E-state index is 12.8. The lowest BCUT2D eigenvalue weighted by atomic mass is 10.1. The van der Waals surface area contributed by atoms with Gasteiger partial charge in [-0.25, -0.2) is 21.8 Å². The zero-order valence-corrected chi connectivity index (χ0v) is 16.9. The molecule has 1 aliphatic heterocycles. The van der Waals surface area contributed by atoms with Gasteiger partial charge in [-0.3, -0.25) is 0 Å². The van der Waals surface area contributed by atoms with Crippen LogP contribution < -0.4 is 0 Å². The van der Waals surface area contributed by atoms with Gasteiger partial charge in [-0.05, 0) is 36.8 Å². The number of hydrogen-bond acceptors (Lipinski definition) is 6. The Morgan fingerprint density at radius 2 is 1.82 bits per heavy atom. The van der Waals surface area contributed by atoms with Crippen molar-refractivity contribution in [1.82, 2.24) is 9.29 Å². The number of nitrogens with zero attached hydrogens (tertiary/aromatic N) is 2. The molecule has 0 unspecified atom stereocenters. The van der Waals surface area contributed by atoms with Crippen LogP contribution in [0, 0.1) is 0 Å².